The number of carbonyl (C=O) groups is 1. The Bertz CT molecular complexity index is 312. The summed E-state index contributed by atoms with van der Waals surface area (Å²) in [5.74, 6) is 5.58. The van der Waals surface area contributed by atoms with Crippen LogP contribution in [0.4, 0.5) is 5.69 Å². The summed E-state index contributed by atoms with van der Waals surface area (Å²) < 4.78 is 0. The van der Waals surface area contributed by atoms with Crippen LogP contribution in [0.3, 0.4) is 0 Å². The molecule has 4 nitrogen and oxygen atoms in total. The Hall–Kier alpha value is -1.55. The van der Waals surface area contributed by atoms with E-state index < -0.39 is 0 Å². The van der Waals surface area contributed by atoms with Crippen LogP contribution in [-0.4, -0.2) is 11.0 Å². The molecule has 0 radical (unpaired) electrons. The summed E-state index contributed by atoms with van der Waals surface area (Å²) >= 11 is 0. The molecule has 0 fully saturated rings. The van der Waals surface area contributed by atoms with E-state index in [-0.39, 0.29) is 11.7 Å². The molecular formula is C9H13N2O2+. The third kappa shape index (κ3) is 1.97. The number of rotatable bonds is 2. The molecule has 0 aliphatic carbocycles. The maximum absolute atomic E-state index is 11.2. The van der Waals surface area contributed by atoms with Gasteiger partial charge in [0.2, 0.25) is 5.91 Å². The van der Waals surface area contributed by atoms with Crippen molar-refractivity contribution < 1.29 is 9.90 Å². The molecule has 70 valence electrons. The van der Waals surface area contributed by atoms with E-state index in [1.165, 1.54) is 0 Å². The maximum Gasteiger partial charge on any atom is 0.279 e. The zero-order chi connectivity index (χ0) is 9.84. The molecular weight excluding hydrogens is 168 g/mol. The monoisotopic (exact) mass is 181 g/mol. The highest BCUT2D eigenvalue weighted by atomic mass is 16.3. The van der Waals surface area contributed by atoms with Crippen molar-refractivity contribution >= 4 is 11.6 Å². The first-order valence-electron chi connectivity index (χ1n) is 4.05. The summed E-state index contributed by atoms with van der Waals surface area (Å²) in [6, 6.07) is 6.72. The van der Waals surface area contributed by atoms with Crippen molar-refractivity contribution in [2.75, 3.05) is 5.01 Å². The Morgan fingerprint density at radius 1 is 1.54 bits per heavy atom. The summed E-state index contributed by atoms with van der Waals surface area (Å²) in [5.41, 5.74) is 0.439. The molecule has 0 aliphatic rings. The van der Waals surface area contributed by atoms with Crippen LogP contribution in [0.2, 0.25) is 0 Å². The molecule has 0 heterocycles. The van der Waals surface area contributed by atoms with Gasteiger partial charge in [0.15, 0.2) is 5.69 Å². The zero-order valence-electron chi connectivity index (χ0n) is 7.45. The predicted molar refractivity (Wildman–Crippen MR) is 51.5 cm³/mol. The van der Waals surface area contributed by atoms with E-state index in [0.717, 1.165) is 5.01 Å². The third-order valence-corrected chi connectivity index (χ3v) is 1.73. The highest BCUT2D eigenvalue weighted by Crippen LogP contribution is 2.24. The topological polar surface area (TPSA) is 69.2 Å². The van der Waals surface area contributed by atoms with Crippen LogP contribution in [0.15, 0.2) is 24.3 Å². The normalized spacial score (nSPS) is 9.69. The first-order valence-corrected chi connectivity index (χ1v) is 4.05. The molecule has 0 atom stereocenters. The van der Waals surface area contributed by atoms with Gasteiger partial charge in [-0.05, 0) is 6.07 Å². The molecule has 0 aromatic heterocycles. The van der Waals surface area contributed by atoms with Crippen molar-refractivity contribution in [3.05, 3.63) is 24.3 Å². The van der Waals surface area contributed by atoms with Gasteiger partial charge in [0, 0.05) is 12.5 Å². The number of benzene rings is 1. The summed E-state index contributed by atoms with van der Waals surface area (Å²) in [6.07, 6.45) is 0.338. The van der Waals surface area contributed by atoms with Gasteiger partial charge in [-0.25, -0.2) is 10.9 Å². The summed E-state index contributed by atoms with van der Waals surface area (Å²) in [4.78, 5) is 11.2. The van der Waals surface area contributed by atoms with Gasteiger partial charge in [-0.1, -0.05) is 19.1 Å². The van der Waals surface area contributed by atoms with E-state index in [9.17, 15) is 4.79 Å². The number of hydrogen-bond donors (Lipinski definition) is 1. The van der Waals surface area contributed by atoms with Gasteiger partial charge in [0.1, 0.15) is 0 Å². The number of nitrogens with two attached hydrogens (primary N) is 1. The van der Waals surface area contributed by atoms with Crippen LogP contribution in [-0.2, 0) is 4.79 Å². The second-order valence-electron chi connectivity index (χ2n) is 2.63. The minimum Gasteiger partial charge on any atom is -0.592 e. The molecule has 1 aromatic rings. The van der Waals surface area contributed by atoms with Crippen molar-refractivity contribution in [1.29, 1.82) is 0 Å². The first kappa shape index (κ1) is 9.54. The van der Waals surface area contributed by atoms with Gasteiger partial charge < -0.3 is 5.11 Å². The molecule has 0 spiro atoms. The van der Waals surface area contributed by atoms with Crippen LogP contribution in [0.25, 0.3) is 0 Å². The maximum atomic E-state index is 11.2. The fourth-order valence-electron chi connectivity index (χ4n) is 0.988. The van der Waals surface area contributed by atoms with Crippen LogP contribution >= 0.6 is 0 Å². The fraction of sp³-hybridized carbons (Fsp3) is 0.222. The number of nitrogens with zero attached hydrogens (tertiary/aromatic N) is 1. The van der Waals surface area contributed by atoms with Crippen molar-refractivity contribution in [2.45, 2.75) is 13.3 Å². The first-order chi connectivity index (χ1) is 6.16. The van der Waals surface area contributed by atoms with Gasteiger partial charge in [0.25, 0.3) is 5.75 Å². The number of hydrogen-bond acceptors (Lipinski definition) is 2. The average Bonchev–Trinajstić information content (AvgIpc) is 2.16. The molecule has 1 rings (SSSR count). The minimum atomic E-state index is -0.195. The predicted octanol–water partition coefficient (Wildman–Crippen LogP) is 0.741. The molecule has 4 heteroatoms. The molecule has 0 saturated heterocycles. The minimum absolute atomic E-state index is 0.195. The number of anilines is 1. The Labute approximate surface area is 76.6 Å². The summed E-state index contributed by atoms with van der Waals surface area (Å²) in [7, 11) is 0. The average molecular weight is 181 g/mol. The van der Waals surface area contributed by atoms with Gasteiger partial charge in [-0.2, -0.15) is 0 Å². The van der Waals surface area contributed by atoms with Gasteiger partial charge >= 0.3 is 0 Å². The fourth-order valence-corrected chi connectivity index (χ4v) is 0.988. The molecule has 0 aliphatic heterocycles. The van der Waals surface area contributed by atoms with Crippen molar-refractivity contribution in [1.82, 2.24) is 0 Å². The molecule has 13 heavy (non-hydrogen) atoms. The quantitative estimate of drug-likeness (QED) is 0.316. The Morgan fingerprint density at radius 2 is 2.15 bits per heavy atom. The van der Waals surface area contributed by atoms with Crippen molar-refractivity contribution in [3.8, 4) is 5.75 Å². The summed E-state index contributed by atoms with van der Waals surface area (Å²) in [5, 5.41) is 8.51. The highest BCUT2D eigenvalue weighted by Gasteiger charge is 2.14. The molecule has 0 bridgehead atoms. The highest BCUT2D eigenvalue weighted by molar-refractivity contribution is 5.93. The summed E-state index contributed by atoms with van der Waals surface area (Å²) in [6.45, 7) is 1.73. The molecule has 1 aromatic carbocycles. The van der Waals surface area contributed by atoms with E-state index >= 15 is 0 Å². The smallest absolute Gasteiger partial charge is 0.279 e. The van der Waals surface area contributed by atoms with Crippen molar-refractivity contribution in [2.24, 2.45) is 5.84 Å². The largest absolute Gasteiger partial charge is 0.592 e. The van der Waals surface area contributed by atoms with E-state index in [2.05, 4.69) is 0 Å². The standard InChI is InChI=1S/C9H12N2O2/c1-2-9(13)11(10)7-5-3-4-6-8(7)12/h3-6,12H,2,10H2,1H3/p+1. The second kappa shape index (κ2) is 3.91. The zero-order valence-corrected chi connectivity index (χ0v) is 7.45. The molecule has 1 amide bonds. The molecule has 0 unspecified atom stereocenters. The Kier molecular flexibility index (Phi) is 2.87. The van der Waals surface area contributed by atoms with E-state index in [1.54, 1.807) is 31.2 Å². The lowest BCUT2D eigenvalue weighted by molar-refractivity contribution is -0.118. The van der Waals surface area contributed by atoms with E-state index in [4.69, 9.17) is 10.9 Å². The second-order valence-corrected chi connectivity index (χ2v) is 2.63. The Balaban J connectivity index is 2.95. The molecule has 0 saturated carbocycles. The van der Waals surface area contributed by atoms with Crippen LogP contribution in [0, 0.1) is 0 Å². The van der Waals surface area contributed by atoms with Gasteiger partial charge in [-0.15, -0.1) is 0 Å². The number of amides is 1. The number of para-hydroxylation sites is 2. The van der Waals surface area contributed by atoms with Crippen LogP contribution in [0.5, 0.6) is 5.75 Å². The number of hydrazine groups is 1. The van der Waals surface area contributed by atoms with Crippen LogP contribution in [0.1, 0.15) is 13.3 Å². The van der Waals surface area contributed by atoms with Gasteiger partial charge in [-0.3, -0.25) is 4.79 Å². The lowest BCUT2D eigenvalue weighted by Crippen LogP contribution is -2.36. The lowest BCUT2D eigenvalue weighted by atomic mass is 10.3. The van der Waals surface area contributed by atoms with E-state index in [1.807, 2.05) is 0 Å². The Morgan fingerprint density at radius 3 is 2.69 bits per heavy atom. The van der Waals surface area contributed by atoms with Gasteiger partial charge in [0.05, 0.1) is 0 Å². The van der Waals surface area contributed by atoms with E-state index in [0.29, 0.717) is 12.1 Å². The molecule has 4 N–H and O–H groups in total. The van der Waals surface area contributed by atoms with Crippen LogP contribution < -0.4 is 10.9 Å². The lowest BCUT2D eigenvalue weighted by Gasteiger charge is -2.14. The third-order valence-electron chi connectivity index (χ3n) is 1.73. The SMILES string of the molecule is CCC(=O)N(N)c1ccccc1[OH2+]. The van der Waals surface area contributed by atoms with Crippen molar-refractivity contribution in [3.63, 3.8) is 0 Å². The number of carbonyl (C=O) groups excluding carboxylic acids is 1.